The van der Waals surface area contributed by atoms with Gasteiger partial charge < -0.3 is 14.7 Å². The number of ether oxygens (including phenoxy) is 1. The molecule has 1 unspecified atom stereocenters. The summed E-state index contributed by atoms with van der Waals surface area (Å²) in [5.74, 6) is -0.706. The molecule has 0 aliphatic rings. The Labute approximate surface area is 117 Å². The average Bonchev–Trinajstić information content (AvgIpc) is 2.44. The van der Waals surface area contributed by atoms with Crippen molar-refractivity contribution in [1.82, 2.24) is 5.48 Å². The molecule has 1 aromatic carbocycles. The predicted octanol–water partition coefficient (Wildman–Crippen LogP) is 1.92. The first-order valence-corrected chi connectivity index (χ1v) is 6.46. The molecular formula is C14H19NO5. The summed E-state index contributed by atoms with van der Waals surface area (Å²) >= 11 is 0. The van der Waals surface area contributed by atoms with Crippen molar-refractivity contribution in [3.8, 4) is 0 Å². The zero-order chi connectivity index (χ0) is 14.8. The maximum Gasteiger partial charge on any atom is 0.441 e. The van der Waals surface area contributed by atoms with Crippen molar-refractivity contribution in [2.75, 3.05) is 0 Å². The Morgan fingerprint density at radius 2 is 2.00 bits per heavy atom. The summed E-state index contributed by atoms with van der Waals surface area (Å²) in [4.78, 5) is 27.0. The highest BCUT2D eigenvalue weighted by atomic mass is 16.7. The van der Waals surface area contributed by atoms with Crippen LogP contribution in [0, 0.1) is 0 Å². The van der Waals surface area contributed by atoms with Crippen LogP contribution in [0.1, 0.15) is 31.7 Å². The van der Waals surface area contributed by atoms with Gasteiger partial charge in [-0.3, -0.25) is 0 Å². The first-order valence-electron chi connectivity index (χ1n) is 6.46. The normalized spacial score (nSPS) is 11.5. The van der Waals surface area contributed by atoms with Gasteiger partial charge in [-0.1, -0.05) is 43.7 Å². The molecule has 0 fully saturated rings. The Kier molecular flexibility index (Phi) is 7.13. The molecule has 1 aromatic rings. The van der Waals surface area contributed by atoms with E-state index in [2.05, 4.69) is 4.84 Å². The van der Waals surface area contributed by atoms with Gasteiger partial charge in [0.2, 0.25) is 0 Å². The summed E-state index contributed by atoms with van der Waals surface area (Å²) in [7, 11) is 0. The van der Waals surface area contributed by atoms with Gasteiger partial charge in [-0.15, -0.1) is 5.48 Å². The van der Waals surface area contributed by atoms with Gasteiger partial charge in [0.25, 0.3) is 0 Å². The van der Waals surface area contributed by atoms with Gasteiger partial charge in [-0.2, -0.15) is 0 Å². The van der Waals surface area contributed by atoms with E-state index >= 15 is 0 Å². The highest BCUT2D eigenvalue weighted by molar-refractivity contribution is 5.73. The summed E-state index contributed by atoms with van der Waals surface area (Å²) in [5.41, 5.74) is 2.70. The zero-order valence-electron chi connectivity index (χ0n) is 11.4. The van der Waals surface area contributed by atoms with Crippen molar-refractivity contribution in [3.63, 3.8) is 0 Å². The first kappa shape index (κ1) is 16.0. The van der Waals surface area contributed by atoms with Crippen LogP contribution in [-0.2, 0) is 21.0 Å². The molecule has 0 saturated carbocycles. The number of carbonyl (C=O) groups excluding carboxylic acids is 2. The summed E-state index contributed by atoms with van der Waals surface area (Å²) in [5, 5.41) is 9.39. The molecule has 1 atom stereocenters. The topological polar surface area (TPSA) is 84.9 Å². The van der Waals surface area contributed by atoms with Crippen LogP contribution in [0.4, 0.5) is 4.79 Å². The highest BCUT2D eigenvalue weighted by Gasteiger charge is 2.13. The number of hydroxylamine groups is 1. The number of benzene rings is 1. The van der Waals surface area contributed by atoms with Gasteiger partial charge in [0.05, 0.1) is 12.5 Å². The van der Waals surface area contributed by atoms with E-state index in [1.54, 1.807) is 12.1 Å². The molecule has 0 aliphatic heterocycles. The van der Waals surface area contributed by atoms with E-state index in [0.29, 0.717) is 6.42 Å². The number of rotatable bonds is 6. The molecule has 1 rings (SSSR count). The van der Waals surface area contributed by atoms with Crippen LogP contribution in [0.15, 0.2) is 30.3 Å². The van der Waals surface area contributed by atoms with Gasteiger partial charge in [0.1, 0.15) is 6.61 Å². The van der Waals surface area contributed by atoms with E-state index in [4.69, 9.17) is 4.74 Å². The number of hydrogen-bond acceptors (Lipinski definition) is 5. The zero-order valence-corrected chi connectivity index (χ0v) is 11.4. The molecule has 6 heteroatoms. The molecule has 0 spiro atoms. The lowest BCUT2D eigenvalue weighted by molar-refractivity contribution is -0.152. The number of carbonyl (C=O) groups is 2. The van der Waals surface area contributed by atoms with Crippen LogP contribution in [0.2, 0.25) is 0 Å². The van der Waals surface area contributed by atoms with E-state index < -0.39 is 18.2 Å². The Morgan fingerprint density at radius 1 is 1.30 bits per heavy atom. The van der Waals surface area contributed by atoms with Crippen LogP contribution in [0.25, 0.3) is 0 Å². The number of aliphatic hydroxyl groups excluding tert-OH is 1. The standard InChI is InChI=1S/C14H19NO5/c1-2-6-12(16)9-13(17)20-15-14(18)19-10-11-7-4-3-5-8-11/h3-5,7-8,12,16H,2,6,9-10H2,1H3,(H,15,18). The molecular weight excluding hydrogens is 262 g/mol. The molecule has 0 aromatic heterocycles. The first-order chi connectivity index (χ1) is 9.61. The summed E-state index contributed by atoms with van der Waals surface area (Å²) in [6.07, 6.45) is -0.497. The summed E-state index contributed by atoms with van der Waals surface area (Å²) in [6.45, 7) is 1.98. The second-order valence-corrected chi connectivity index (χ2v) is 4.28. The van der Waals surface area contributed by atoms with E-state index in [-0.39, 0.29) is 13.0 Å². The monoisotopic (exact) mass is 281 g/mol. The molecule has 2 N–H and O–H groups in total. The molecule has 110 valence electrons. The van der Waals surface area contributed by atoms with Crippen LogP contribution in [0.5, 0.6) is 0 Å². The second kappa shape index (κ2) is 8.92. The largest absolute Gasteiger partial charge is 0.443 e. The summed E-state index contributed by atoms with van der Waals surface area (Å²) < 4.78 is 4.84. The Morgan fingerprint density at radius 3 is 2.65 bits per heavy atom. The van der Waals surface area contributed by atoms with Gasteiger partial charge in [0, 0.05) is 0 Å². The van der Waals surface area contributed by atoms with E-state index in [0.717, 1.165) is 12.0 Å². The van der Waals surface area contributed by atoms with Gasteiger partial charge in [-0.25, -0.2) is 9.59 Å². The fraction of sp³-hybridized carbons (Fsp3) is 0.429. The van der Waals surface area contributed by atoms with Crippen molar-refractivity contribution >= 4 is 12.1 Å². The van der Waals surface area contributed by atoms with E-state index in [1.165, 1.54) is 0 Å². The van der Waals surface area contributed by atoms with Crippen LogP contribution in [0.3, 0.4) is 0 Å². The third-order valence-electron chi connectivity index (χ3n) is 2.49. The fourth-order valence-electron chi connectivity index (χ4n) is 1.52. The fourth-order valence-corrected chi connectivity index (χ4v) is 1.52. The van der Waals surface area contributed by atoms with Crippen molar-refractivity contribution in [2.45, 2.75) is 38.9 Å². The Balaban J connectivity index is 2.18. The number of hydrogen-bond donors (Lipinski definition) is 2. The Bertz CT molecular complexity index is 421. The van der Waals surface area contributed by atoms with Crippen molar-refractivity contribution in [3.05, 3.63) is 35.9 Å². The molecule has 0 aliphatic carbocycles. The Hall–Kier alpha value is -2.08. The van der Waals surface area contributed by atoms with Crippen LogP contribution < -0.4 is 5.48 Å². The van der Waals surface area contributed by atoms with Crippen molar-refractivity contribution in [1.29, 1.82) is 0 Å². The van der Waals surface area contributed by atoms with E-state index in [9.17, 15) is 14.7 Å². The van der Waals surface area contributed by atoms with Crippen LogP contribution in [-0.4, -0.2) is 23.3 Å². The SMILES string of the molecule is CCCC(O)CC(=O)ONC(=O)OCc1ccccc1. The van der Waals surface area contributed by atoms with Gasteiger partial charge >= 0.3 is 12.1 Å². The molecule has 0 bridgehead atoms. The quantitative estimate of drug-likeness (QED) is 0.778. The van der Waals surface area contributed by atoms with Crippen molar-refractivity contribution in [2.24, 2.45) is 0 Å². The predicted molar refractivity (Wildman–Crippen MR) is 71.4 cm³/mol. The molecule has 0 radical (unpaired) electrons. The maximum absolute atomic E-state index is 11.3. The third-order valence-corrected chi connectivity index (χ3v) is 2.49. The minimum absolute atomic E-state index is 0.0860. The van der Waals surface area contributed by atoms with Crippen LogP contribution >= 0.6 is 0 Å². The number of amides is 1. The number of nitrogens with one attached hydrogen (secondary N) is 1. The van der Waals surface area contributed by atoms with Gasteiger partial charge in [-0.05, 0) is 12.0 Å². The van der Waals surface area contributed by atoms with E-state index in [1.807, 2.05) is 30.6 Å². The minimum Gasteiger partial charge on any atom is -0.443 e. The third kappa shape index (κ3) is 6.75. The summed E-state index contributed by atoms with van der Waals surface area (Å²) in [6, 6.07) is 9.12. The highest BCUT2D eigenvalue weighted by Crippen LogP contribution is 2.02. The molecule has 1 amide bonds. The maximum atomic E-state index is 11.3. The lowest BCUT2D eigenvalue weighted by atomic mass is 10.1. The minimum atomic E-state index is -0.854. The lowest BCUT2D eigenvalue weighted by Gasteiger charge is -2.09. The lowest BCUT2D eigenvalue weighted by Crippen LogP contribution is -2.29. The average molecular weight is 281 g/mol. The second-order valence-electron chi connectivity index (χ2n) is 4.28. The molecule has 20 heavy (non-hydrogen) atoms. The molecule has 0 saturated heterocycles. The van der Waals surface area contributed by atoms with Crippen molar-refractivity contribution < 1.29 is 24.3 Å². The van der Waals surface area contributed by atoms with Gasteiger partial charge in [0.15, 0.2) is 0 Å². The molecule has 0 heterocycles. The number of aliphatic hydroxyl groups is 1. The molecule has 6 nitrogen and oxygen atoms in total. The smallest absolute Gasteiger partial charge is 0.441 e.